The summed E-state index contributed by atoms with van der Waals surface area (Å²) in [5, 5.41) is 3.95. The zero-order valence-electron chi connectivity index (χ0n) is 24.1. The molecule has 1 N–H and O–H groups in total. The summed E-state index contributed by atoms with van der Waals surface area (Å²) in [6.45, 7) is 3.34. The van der Waals surface area contributed by atoms with Crippen LogP contribution >= 0.6 is 23.2 Å². The predicted octanol–water partition coefficient (Wildman–Crippen LogP) is 6.08. The van der Waals surface area contributed by atoms with Gasteiger partial charge in [0.1, 0.15) is 12.6 Å². The minimum absolute atomic E-state index is 0.00501. The molecule has 0 bridgehead atoms. The molecule has 224 valence electrons. The SMILES string of the molecule is Cc1ccc(N(CC(=O)N(Cc2ccc(Cl)cc2Cl)[C@H](Cc2ccccc2)C(=O)NC2CCCC2)S(C)(=O)=O)cc1C. The summed E-state index contributed by atoms with van der Waals surface area (Å²) in [7, 11) is -3.84. The molecule has 3 aromatic carbocycles. The van der Waals surface area contributed by atoms with Crippen molar-refractivity contribution in [2.24, 2.45) is 0 Å². The molecule has 1 aliphatic rings. The molecular formula is C32H37Cl2N3O4S. The fourth-order valence-electron chi connectivity index (χ4n) is 5.25. The molecule has 0 unspecified atom stereocenters. The summed E-state index contributed by atoms with van der Waals surface area (Å²) < 4.78 is 27.1. The van der Waals surface area contributed by atoms with E-state index in [9.17, 15) is 18.0 Å². The zero-order chi connectivity index (χ0) is 30.4. The normalized spacial score (nSPS) is 14.4. The van der Waals surface area contributed by atoms with Crippen LogP contribution in [-0.2, 0) is 32.6 Å². The first-order valence-corrected chi connectivity index (χ1v) is 16.7. The van der Waals surface area contributed by atoms with E-state index in [4.69, 9.17) is 23.2 Å². The maximum atomic E-state index is 14.3. The quantitative estimate of drug-likeness (QED) is 0.279. The Hall–Kier alpha value is -3.07. The maximum absolute atomic E-state index is 14.3. The molecule has 0 saturated heterocycles. The van der Waals surface area contributed by atoms with Gasteiger partial charge in [-0.25, -0.2) is 8.42 Å². The molecule has 0 heterocycles. The topological polar surface area (TPSA) is 86.8 Å². The van der Waals surface area contributed by atoms with E-state index in [0.29, 0.717) is 21.3 Å². The number of rotatable bonds is 11. The third-order valence-corrected chi connectivity index (χ3v) is 9.51. The van der Waals surface area contributed by atoms with Gasteiger partial charge in [0, 0.05) is 29.1 Å². The second-order valence-corrected chi connectivity index (χ2v) is 13.7. The van der Waals surface area contributed by atoms with Gasteiger partial charge in [0.2, 0.25) is 21.8 Å². The number of carbonyl (C=O) groups is 2. The van der Waals surface area contributed by atoms with Crippen molar-refractivity contribution in [1.29, 1.82) is 0 Å². The van der Waals surface area contributed by atoms with Crippen molar-refractivity contribution in [1.82, 2.24) is 10.2 Å². The molecule has 0 radical (unpaired) electrons. The van der Waals surface area contributed by atoms with Gasteiger partial charge < -0.3 is 10.2 Å². The van der Waals surface area contributed by atoms with Crippen LogP contribution in [0.25, 0.3) is 0 Å². The van der Waals surface area contributed by atoms with E-state index < -0.39 is 28.5 Å². The Balaban J connectivity index is 1.75. The molecule has 1 aliphatic carbocycles. The van der Waals surface area contributed by atoms with E-state index in [1.54, 1.807) is 30.3 Å². The molecule has 3 aromatic rings. The number of halogens is 2. The van der Waals surface area contributed by atoms with E-state index in [1.165, 1.54) is 4.90 Å². The summed E-state index contributed by atoms with van der Waals surface area (Å²) in [6, 6.07) is 18.8. The molecule has 1 fully saturated rings. The van der Waals surface area contributed by atoms with Crippen LogP contribution in [-0.4, -0.2) is 50.0 Å². The second-order valence-electron chi connectivity index (χ2n) is 11.0. The van der Waals surface area contributed by atoms with Gasteiger partial charge in [-0.2, -0.15) is 0 Å². The predicted molar refractivity (Wildman–Crippen MR) is 169 cm³/mol. The second kappa shape index (κ2) is 13.9. The van der Waals surface area contributed by atoms with Crippen molar-refractivity contribution in [2.75, 3.05) is 17.1 Å². The molecule has 1 atom stereocenters. The van der Waals surface area contributed by atoms with E-state index in [1.807, 2.05) is 50.2 Å². The van der Waals surface area contributed by atoms with Gasteiger partial charge in [0.25, 0.3) is 0 Å². The Morgan fingerprint density at radius 2 is 1.64 bits per heavy atom. The minimum atomic E-state index is -3.84. The largest absolute Gasteiger partial charge is 0.352 e. The van der Waals surface area contributed by atoms with Crippen molar-refractivity contribution in [3.63, 3.8) is 0 Å². The van der Waals surface area contributed by atoms with Crippen LogP contribution in [0, 0.1) is 13.8 Å². The lowest BCUT2D eigenvalue weighted by molar-refractivity contribution is -0.140. The Kier molecular flexibility index (Phi) is 10.6. The summed E-state index contributed by atoms with van der Waals surface area (Å²) in [5.74, 6) is -0.798. The fourth-order valence-corrected chi connectivity index (χ4v) is 6.56. The number of benzene rings is 3. The standard InChI is InChI=1S/C32H37Cl2N3O4S/c1-22-13-16-28(17-23(22)2)37(42(3,40)41)21-31(38)36(20-25-14-15-26(33)19-29(25)34)30(18-24-9-5-4-6-10-24)32(39)35-27-11-7-8-12-27/h4-6,9-10,13-17,19,27,30H,7-8,11-12,18,20-21H2,1-3H3,(H,35,39)/t30-/m1/s1. The zero-order valence-corrected chi connectivity index (χ0v) is 26.5. The number of sulfonamides is 1. The monoisotopic (exact) mass is 629 g/mol. The summed E-state index contributed by atoms with van der Waals surface area (Å²) >= 11 is 12.7. The lowest BCUT2D eigenvalue weighted by Gasteiger charge is -2.34. The minimum Gasteiger partial charge on any atom is -0.352 e. The lowest BCUT2D eigenvalue weighted by Crippen LogP contribution is -2.54. The van der Waals surface area contributed by atoms with Crippen LogP contribution in [0.4, 0.5) is 5.69 Å². The molecule has 0 aromatic heterocycles. The van der Waals surface area contributed by atoms with Crippen LogP contribution in [0.2, 0.25) is 10.0 Å². The van der Waals surface area contributed by atoms with Crippen molar-refractivity contribution >= 4 is 50.7 Å². The maximum Gasteiger partial charge on any atom is 0.244 e. The van der Waals surface area contributed by atoms with Crippen LogP contribution in [0.3, 0.4) is 0 Å². The Morgan fingerprint density at radius 3 is 2.26 bits per heavy atom. The Bertz CT molecular complexity index is 1530. The van der Waals surface area contributed by atoms with Crippen molar-refractivity contribution in [3.8, 4) is 0 Å². The number of nitrogens with one attached hydrogen (secondary N) is 1. The molecule has 1 saturated carbocycles. The number of anilines is 1. The highest BCUT2D eigenvalue weighted by atomic mass is 35.5. The molecular weight excluding hydrogens is 593 g/mol. The number of aryl methyl sites for hydroxylation is 2. The highest BCUT2D eigenvalue weighted by molar-refractivity contribution is 7.92. The van der Waals surface area contributed by atoms with E-state index in [2.05, 4.69) is 5.32 Å². The first kappa shape index (κ1) is 31.9. The van der Waals surface area contributed by atoms with Gasteiger partial charge in [-0.1, -0.05) is 78.5 Å². The molecule has 7 nitrogen and oxygen atoms in total. The summed E-state index contributed by atoms with van der Waals surface area (Å²) in [5.41, 5.74) is 3.75. The van der Waals surface area contributed by atoms with E-state index in [-0.39, 0.29) is 24.9 Å². The molecule has 0 aliphatic heterocycles. The molecule has 42 heavy (non-hydrogen) atoms. The number of hydrogen-bond donors (Lipinski definition) is 1. The van der Waals surface area contributed by atoms with Gasteiger partial charge in [0.05, 0.1) is 11.9 Å². The third-order valence-electron chi connectivity index (χ3n) is 7.79. The molecule has 10 heteroatoms. The molecule has 2 amide bonds. The summed E-state index contributed by atoms with van der Waals surface area (Å²) in [6.07, 6.45) is 5.17. The van der Waals surface area contributed by atoms with Gasteiger partial charge in [0.15, 0.2) is 0 Å². The van der Waals surface area contributed by atoms with Gasteiger partial charge in [-0.3, -0.25) is 13.9 Å². The fraction of sp³-hybridized carbons (Fsp3) is 0.375. The Labute approximate surface area is 258 Å². The van der Waals surface area contributed by atoms with Gasteiger partial charge in [-0.15, -0.1) is 0 Å². The van der Waals surface area contributed by atoms with Crippen molar-refractivity contribution < 1.29 is 18.0 Å². The van der Waals surface area contributed by atoms with Crippen molar-refractivity contribution in [2.45, 2.75) is 64.6 Å². The van der Waals surface area contributed by atoms with Crippen LogP contribution in [0.1, 0.15) is 47.9 Å². The number of carbonyl (C=O) groups excluding carboxylic acids is 2. The first-order valence-electron chi connectivity index (χ1n) is 14.0. The lowest BCUT2D eigenvalue weighted by atomic mass is 10.0. The van der Waals surface area contributed by atoms with Crippen LogP contribution in [0.15, 0.2) is 66.7 Å². The number of hydrogen-bond acceptors (Lipinski definition) is 4. The van der Waals surface area contributed by atoms with Crippen LogP contribution < -0.4 is 9.62 Å². The first-order chi connectivity index (χ1) is 19.9. The Morgan fingerprint density at radius 1 is 0.952 bits per heavy atom. The molecule has 0 spiro atoms. The third kappa shape index (κ3) is 8.27. The summed E-state index contributed by atoms with van der Waals surface area (Å²) in [4.78, 5) is 29.6. The van der Waals surface area contributed by atoms with Crippen molar-refractivity contribution in [3.05, 3.63) is 99.0 Å². The average Bonchev–Trinajstić information content (AvgIpc) is 3.45. The van der Waals surface area contributed by atoms with Gasteiger partial charge >= 0.3 is 0 Å². The number of amides is 2. The highest BCUT2D eigenvalue weighted by Crippen LogP contribution is 2.26. The molecule has 4 rings (SSSR count). The highest BCUT2D eigenvalue weighted by Gasteiger charge is 2.34. The van der Waals surface area contributed by atoms with E-state index >= 15 is 0 Å². The van der Waals surface area contributed by atoms with Gasteiger partial charge in [-0.05, 0) is 73.2 Å². The van der Waals surface area contributed by atoms with Crippen LogP contribution in [0.5, 0.6) is 0 Å². The smallest absolute Gasteiger partial charge is 0.244 e. The average molecular weight is 631 g/mol. The van der Waals surface area contributed by atoms with E-state index in [0.717, 1.165) is 52.9 Å². The number of nitrogens with zero attached hydrogens (tertiary/aromatic N) is 2.